The molecule has 1 aliphatic heterocycles. The van der Waals surface area contributed by atoms with Gasteiger partial charge in [0.25, 0.3) is 0 Å². The Morgan fingerprint density at radius 2 is 1.88 bits per heavy atom. The Balaban J connectivity index is 1.90. The van der Waals surface area contributed by atoms with E-state index in [9.17, 15) is 0 Å². The molecule has 1 heterocycles. The maximum Gasteiger partial charge on any atom is 0.0593 e. The fraction of sp³-hybridized carbons (Fsp3) is 1.00. The summed E-state index contributed by atoms with van der Waals surface area (Å²) in [7, 11) is 0. The molecule has 1 saturated heterocycles. The number of rotatable bonds is 3. The van der Waals surface area contributed by atoms with Gasteiger partial charge in [0.2, 0.25) is 0 Å². The maximum atomic E-state index is 6.00. The van der Waals surface area contributed by atoms with E-state index in [-0.39, 0.29) is 0 Å². The standard InChI is InChI=1S/C13H26N2O/c14-11-13(12-5-2-1-3-6-12)15-7-4-9-16-10-8-15/h12-13H,1-11,14H2. The topological polar surface area (TPSA) is 38.5 Å². The molecule has 1 unspecified atom stereocenters. The summed E-state index contributed by atoms with van der Waals surface area (Å²) in [6.45, 7) is 4.91. The van der Waals surface area contributed by atoms with E-state index in [0.717, 1.165) is 32.2 Å². The molecule has 0 aromatic heterocycles. The van der Waals surface area contributed by atoms with Crippen molar-refractivity contribution in [2.75, 3.05) is 32.8 Å². The minimum Gasteiger partial charge on any atom is -0.380 e. The van der Waals surface area contributed by atoms with Gasteiger partial charge in [-0.15, -0.1) is 0 Å². The van der Waals surface area contributed by atoms with Crippen molar-refractivity contribution in [2.24, 2.45) is 11.7 Å². The zero-order chi connectivity index (χ0) is 11.2. The summed E-state index contributed by atoms with van der Waals surface area (Å²) in [5, 5.41) is 0. The molecule has 0 bridgehead atoms. The Labute approximate surface area is 99.3 Å². The minimum absolute atomic E-state index is 0.613. The van der Waals surface area contributed by atoms with Gasteiger partial charge in [0, 0.05) is 32.3 Å². The van der Waals surface area contributed by atoms with Crippen molar-refractivity contribution in [3.8, 4) is 0 Å². The van der Waals surface area contributed by atoms with Crippen LogP contribution >= 0.6 is 0 Å². The highest BCUT2D eigenvalue weighted by Crippen LogP contribution is 2.29. The largest absolute Gasteiger partial charge is 0.380 e. The van der Waals surface area contributed by atoms with E-state index in [1.165, 1.54) is 45.1 Å². The molecule has 1 aliphatic carbocycles. The van der Waals surface area contributed by atoms with Crippen LogP contribution in [0.25, 0.3) is 0 Å². The lowest BCUT2D eigenvalue weighted by atomic mass is 9.83. The van der Waals surface area contributed by atoms with Crippen LogP contribution in [-0.4, -0.2) is 43.8 Å². The van der Waals surface area contributed by atoms with Gasteiger partial charge in [-0.3, -0.25) is 4.90 Å². The second-order valence-corrected chi connectivity index (χ2v) is 5.20. The Bertz CT molecular complexity index is 184. The van der Waals surface area contributed by atoms with Crippen LogP contribution in [0.15, 0.2) is 0 Å². The van der Waals surface area contributed by atoms with Crippen molar-refractivity contribution < 1.29 is 4.74 Å². The highest BCUT2D eigenvalue weighted by molar-refractivity contribution is 4.83. The first-order valence-corrected chi connectivity index (χ1v) is 6.93. The van der Waals surface area contributed by atoms with Gasteiger partial charge in [0.15, 0.2) is 0 Å². The molecule has 0 spiro atoms. The van der Waals surface area contributed by atoms with Crippen LogP contribution < -0.4 is 5.73 Å². The predicted molar refractivity (Wildman–Crippen MR) is 66.4 cm³/mol. The van der Waals surface area contributed by atoms with Crippen LogP contribution in [0.1, 0.15) is 38.5 Å². The van der Waals surface area contributed by atoms with Gasteiger partial charge < -0.3 is 10.5 Å². The lowest BCUT2D eigenvalue weighted by molar-refractivity contribution is 0.104. The Morgan fingerprint density at radius 3 is 2.62 bits per heavy atom. The van der Waals surface area contributed by atoms with E-state index in [0.29, 0.717) is 6.04 Å². The highest BCUT2D eigenvalue weighted by atomic mass is 16.5. The fourth-order valence-corrected chi connectivity index (χ4v) is 3.26. The summed E-state index contributed by atoms with van der Waals surface area (Å²) in [6, 6.07) is 0.613. The van der Waals surface area contributed by atoms with Gasteiger partial charge in [-0.2, -0.15) is 0 Å². The lowest BCUT2D eigenvalue weighted by Crippen LogP contribution is -2.47. The molecule has 94 valence electrons. The zero-order valence-electron chi connectivity index (χ0n) is 10.4. The number of hydrogen-bond donors (Lipinski definition) is 1. The summed E-state index contributed by atoms with van der Waals surface area (Å²) < 4.78 is 5.52. The molecule has 2 aliphatic rings. The van der Waals surface area contributed by atoms with Crippen LogP contribution in [0.5, 0.6) is 0 Å². The number of hydrogen-bond acceptors (Lipinski definition) is 3. The van der Waals surface area contributed by atoms with E-state index in [1.807, 2.05) is 0 Å². The molecule has 0 radical (unpaired) electrons. The van der Waals surface area contributed by atoms with Crippen LogP contribution in [0.2, 0.25) is 0 Å². The summed E-state index contributed by atoms with van der Waals surface area (Å²) >= 11 is 0. The molecule has 1 saturated carbocycles. The first-order valence-electron chi connectivity index (χ1n) is 6.93. The normalized spacial score (nSPS) is 27.6. The average molecular weight is 226 g/mol. The second kappa shape index (κ2) is 6.58. The van der Waals surface area contributed by atoms with Gasteiger partial charge in [0.05, 0.1) is 6.61 Å². The third-order valence-electron chi connectivity index (χ3n) is 4.16. The molecule has 3 heteroatoms. The number of nitrogens with zero attached hydrogens (tertiary/aromatic N) is 1. The van der Waals surface area contributed by atoms with E-state index in [2.05, 4.69) is 4.90 Å². The molecule has 2 rings (SSSR count). The van der Waals surface area contributed by atoms with E-state index in [4.69, 9.17) is 10.5 Å². The summed E-state index contributed by atoms with van der Waals surface area (Å²) in [5.74, 6) is 0.844. The van der Waals surface area contributed by atoms with Crippen LogP contribution in [0.4, 0.5) is 0 Å². The molecular weight excluding hydrogens is 200 g/mol. The van der Waals surface area contributed by atoms with E-state index >= 15 is 0 Å². The minimum atomic E-state index is 0.613. The van der Waals surface area contributed by atoms with E-state index < -0.39 is 0 Å². The molecule has 0 aromatic carbocycles. The van der Waals surface area contributed by atoms with Crippen LogP contribution in [-0.2, 0) is 4.74 Å². The highest BCUT2D eigenvalue weighted by Gasteiger charge is 2.27. The molecule has 16 heavy (non-hydrogen) atoms. The van der Waals surface area contributed by atoms with Crippen molar-refractivity contribution in [2.45, 2.75) is 44.6 Å². The third-order valence-corrected chi connectivity index (χ3v) is 4.16. The second-order valence-electron chi connectivity index (χ2n) is 5.20. The van der Waals surface area contributed by atoms with Crippen molar-refractivity contribution >= 4 is 0 Å². The molecule has 0 amide bonds. The number of nitrogens with two attached hydrogens (primary N) is 1. The lowest BCUT2D eigenvalue weighted by Gasteiger charge is -2.37. The molecule has 3 nitrogen and oxygen atoms in total. The third kappa shape index (κ3) is 3.19. The molecule has 1 atom stereocenters. The monoisotopic (exact) mass is 226 g/mol. The van der Waals surface area contributed by atoms with Crippen LogP contribution in [0, 0.1) is 5.92 Å². The first kappa shape index (κ1) is 12.3. The average Bonchev–Trinajstić information content (AvgIpc) is 2.61. The maximum absolute atomic E-state index is 6.00. The van der Waals surface area contributed by atoms with Gasteiger partial charge in [-0.1, -0.05) is 19.3 Å². The van der Waals surface area contributed by atoms with Crippen molar-refractivity contribution in [1.82, 2.24) is 4.90 Å². The van der Waals surface area contributed by atoms with Gasteiger partial charge in [-0.25, -0.2) is 0 Å². The van der Waals surface area contributed by atoms with Crippen LogP contribution in [0.3, 0.4) is 0 Å². The molecule has 2 fully saturated rings. The summed E-state index contributed by atoms with van der Waals surface area (Å²) in [5.41, 5.74) is 6.00. The SMILES string of the molecule is NCC(C1CCCCC1)N1CCCOCC1. The molecular formula is C13H26N2O. The van der Waals surface area contributed by atoms with Gasteiger partial charge in [-0.05, 0) is 25.2 Å². The quantitative estimate of drug-likeness (QED) is 0.794. The van der Waals surface area contributed by atoms with Crippen molar-refractivity contribution in [3.05, 3.63) is 0 Å². The molecule has 2 N–H and O–H groups in total. The van der Waals surface area contributed by atoms with Crippen molar-refractivity contribution in [1.29, 1.82) is 0 Å². The van der Waals surface area contributed by atoms with Crippen molar-refractivity contribution in [3.63, 3.8) is 0 Å². The summed E-state index contributed by atoms with van der Waals surface area (Å²) in [6.07, 6.45) is 8.19. The summed E-state index contributed by atoms with van der Waals surface area (Å²) in [4.78, 5) is 2.59. The van der Waals surface area contributed by atoms with Gasteiger partial charge >= 0.3 is 0 Å². The fourth-order valence-electron chi connectivity index (χ4n) is 3.26. The van der Waals surface area contributed by atoms with Gasteiger partial charge in [0.1, 0.15) is 0 Å². The molecule has 0 aromatic rings. The Kier molecular flexibility index (Phi) is 5.07. The number of ether oxygens (including phenoxy) is 1. The van der Waals surface area contributed by atoms with E-state index in [1.54, 1.807) is 0 Å². The zero-order valence-corrected chi connectivity index (χ0v) is 10.4. The Morgan fingerprint density at radius 1 is 1.06 bits per heavy atom. The Hall–Kier alpha value is -0.120. The predicted octanol–water partition coefficient (Wildman–Crippen LogP) is 1.62. The smallest absolute Gasteiger partial charge is 0.0593 e. The first-order chi connectivity index (χ1) is 7.92.